The van der Waals surface area contributed by atoms with Gasteiger partial charge in [0.05, 0.1) is 12.4 Å². The van der Waals surface area contributed by atoms with Crippen LogP contribution in [0.25, 0.3) is 0 Å². The van der Waals surface area contributed by atoms with Crippen LogP contribution in [-0.4, -0.2) is 43.2 Å². The van der Waals surface area contributed by atoms with E-state index in [9.17, 15) is 4.79 Å². The molecule has 0 heterocycles. The van der Waals surface area contributed by atoms with Crippen molar-refractivity contribution < 1.29 is 14.3 Å². The summed E-state index contributed by atoms with van der Waals surface area (Å²) >= 11 is 0. The number of hydrogen-bond acceptors (Lipinski definition) is 4. The Balaban J connectivity index is 2.03. The quantitative estimate of drug-likeness (QED) is 0.0376. The highest BCUT2D eigenvalue weighted by Gasteiger charge is 2.14. The van der Waals surface area contributed by atoms with Crippen LogP contribution < -0.4 is 0 Å². The zero-order valence-electron chi connectivity index (χ0n) is 38.1. The minimum Gasteiger partial charge on any atom is -0.499 e. The molecular formula is C52H95NO3. The summed E-state index contributed by atoms with van der Waals surface area (Å²) in [5, 5.41) is 0. The van der Waals surface area contributed by atoms with E-state index in [4.69, 9.17) is 9.47 Å². The third kappa shape index (κ3) is 33.2. The molecule has 326 valence electrons. The molecule has 0 aliphatic carbocycles. The highest BCUT2D eigenvalue weighted by molar-refractivity contribution is 5.69. The zero-order chi connectivity index (χ0) is 40.6. The number of benzene rings is 1. The van der Waals surface area contributed by atoms with Gasteiger partial charge in [0.1, 0.15) is 6.10 Å². The largest absolute Gasteiger partial charge is 0.499 e. The van der Waals surface area contributed by atoms with Crippen LogP contribution in [0.3, 0.4) is 0 Å². The van der Waals surface area contributed by atoms with Gasteiger partial charge in [0.2, 0.25) is 0 Å². The smallest absolute Gasteiger partial charge is 0.306 e. The molecule has 56 heavy (non-hydrogen) atoms. The fourth-order valence-corrected chi connectivity index (χ4v) is 7.91. The van der Waals surface area contributed by atoms with E-state index in [-0.39, 0.29) is 12.1 Å². The Morgan fingerprint density at radius 1 is 0.518 bits per heavy atom. The van der Waals surface area contributed by atoms with Crippen molar-refractivity contribution in [1.82, 2.24) is 4.90 Å². The van der Waals surface area contributed by atoms with E-state index in [0.717, 1.165) is 63.9 Å². The number of nitrogens with zero attached hydrogens (tertiary/aromatic N) is 1. The number of unbranched alkanes of at least 4 members (excludes halogenated alkanes) is 22. The summed E-state index contributed by atoms with van der Waals surface area (Å²) in [5.74, 6) is 1.02. The molecular weight excluding hydrogens is 687 g/mol. The van der Waals surface area contributed by atoms with Crippen LogP contribution in [0, 0.1) is 0 Å². The molecule has 0 radical (unpaired) electrons. The maximum absolute atomic E-state index is 12.7. The summed E-state index contributed by atoms with van der Waals surface area (Å²) in [6, 6.07) is 9.30. The summed E-state index contributed by atoms with van der Waals surface area (Å²) in [5.41, 5.74) is 2.93. The number of aryl methyl sites for hydroxylation is 2. The first-order valence-electron chi connectivity index (χ1n) is 24.8. The molecule has 1 aromatic carbocycles. The standard InChI is InChI=1S/C52H95NO3/c1-6-10-13-16-21-28-38-51(39-29-22-17-14-11-7-2)56-52(54)40-30-23-19-25-33-46-53(9-4)45-32-24-18-20-26-35-48(5)55-47-34-31-37-50-43-41-49(42-44-50)36-27-15-12-8-3/h41-44,51H,5-40,45-47H2,1-4H3. The van der Waals surface area contributed by atoms with Crippen LogP contribution in [0.1, 0.15) is 244 Å². The monoisotopic (exact) mass is 782 g/mol. The van der Waals surface area contributed by atoms with Crippen LogP contribution in [0.4, 0.5) is 0 Å². The predicted molar refractivity (Wildman–Crippen MR) is 246 cm³/mol. The second kappa shape index (κ2) is 40.0. The topological polar surface area (TPSA) is 38.8 Å². The van der Waals surface area contributed by atoms with Gasteiger partial charge in [-0.15, -0.1) is 0 Å². The van der Waals surface area contributed by atoms with E-state index in [1.54, 1.807) is 0 Å². The molecule has 1 rings (SSSR count). The molecule has 0 spiro atoms. The maximum atomic E-state index is 12.7. The van der Waals surface area contributed by atoms with E-state index in [0.29, 0.717) is 6.42 Å². The first-order valence-corrected chi connectivity index (χ1v) is 24.8. The molecule has 1 aromatic rings. The van der Waals surface area contributed by atoms with Gasteiger partial charge >= 0.3 is 5.97 Å². The molecule has 0 bridgehead atoms. The zero-order valence-corrected chi connectivity index (χ0v) is 38.1. The van der Waals surface area contributed by atoms with E-state index >= 15 is 0 Å². The van der Waals surface area contributed by atoms with Crippen LogP contribution in [0.2, 0.25) is 0 Å². The Kier molecular flexibility index (Phi) is 37.3. The van der Waals surface area contributed by atoms with Crippen LogP contribution >= 0.6 is 0 Å². The van der Waals surface area contributed by atoms with Crippen molar-refractivity contribution in [2.75, 3.05) is 26.2 Å². The van der Waals surface area contributed by atoms with Crippen LogP contribution in [-0.2, 0) is 27.1 Å². The van der Waals surface area contributed by atoms with Gasteiger partial charge in [-0.1, -0.05) is 181 Å². The third-order valence-electron chi connectivity index (χ3n) is 11.8. The van der Waals surface area contributed by atoms with E-state index in [1.165, 1.54) is 191 Å². The maximum Gasteiger partial charge on any atom is 0.306 e. The van der Waals surface area contributed by atoms with E-state index in [2.05, 4.69) is 63.4 Å². The first-order chi connectivity index (χ1) is 27.5. The lowest BCUT2D eigenvalue weighted by molar-refractivity contribution is -0.150. The SMILES string of the molecule is C=C(CCCCCCCN(CC)CCCCCCCC(=O)OC(CCCCCCCC)CCCCCCCC)OCCCCc1ccc(CCCCCC)cc1. The summed E-state index contributed by atoms with van der Waals surface area (Å²) in [6.07, 6.45) is 41.7. The second-order valence-corrected chi connectivity index (χ2v) is 17.2. The molecule has 0 unspecified atom stereocenters. The normalized spacial score (nSPS) is 11.5. The van der Waals surface area contributed by atoms with Crippen molar-refractivity contribution in [1.29, 1.82) is 0 Å². The van der Waals surface area contributed by atoms with Gasteiger partial charge < -0.3 is 14.4 Å². The molecule has 0 aliphatic heterocycles. The number of carbonyl (C=O) groups is 1. The molecule has 0 fully saturated rings. The van der Waals surface area contributed by atoms with Crippen LogP contribution in [0.5, 0.6) is 0 Å². The van der Waals surface area contributed by atoms with Gasteiger partial charge in [0, 0.05) is 12.8 Å². The number of ether oxygens (including phenoxy) is 2. The lowest BCUT2D eigenvalue weighted by atomic mass is 10.0. The van der Waals surface area contributed by atoms with Gasteiger partial charge in [-0.2, -0.15) is 0 Å². The molecule has 4 nitrogen and oxygen atoms in total. The lowest BCUT2D eigenvalue weighted by Gasteiger charge is -2.20. The average Bonchev–Trinajstić information content (AvgIpc) is 3.20. The second-order valence-electron chi connectivity index (χ2n) is 17.2. The average molecular weight is 782 g/mol. The fraction of sp³-hybridized carbons (Fsp3) is 0.827. The predicted octanol–water partition coefficient (Wildman–Crippen LogP) is 16.1. The molecule has 0 saturated carbocycles. The first kappa shape index (κ1) is 52.2. The third-order valence-corrected chi connectivity index (χ3v) is 11.8. The highest BCUT2D eigenvalue weighted by atomic mass is 16.5. The summed E-state index contributed by atoms with van der Waals surface area (Å²) in [6.45, 7) is 17.7. The molecule has 0 atom stereocenters. The fourth-order valence-electron chi connectivity index (χ4n) is 7.91. The Morgan fingerprint density at radius 2 is 0.929 bits per heavy atom. The van der Waals surface area contributed by atoms with E-state index < -0.39 is 0 Å². The molecule has 0 saturated heterocycles. The number of hydrogen-bond donors (Lipinski definition) is 0. The van der Waals surface area contributed by atoms with Gasteiger partial charge in [-0.3, -0.25) is 4.79 Å². The van der Waals surface area contributed by atoms with Gasteiger partial charge in [-0.25, -0.2) is 0 Å². The summed E-state index contributed by atoms with van der Waals surface area (Å²) < 4.78 is 12.0. The molecule has 4 heteroatoms. The van der Waals surface area contributed by atoms with Crippen molar-refractivity contribution in [3.63, 3.8) is 0 Å². The number of carbonyl (C=O) groups excluding carboxylic acids is 1. The molecule has 0 aromatic heterocycles. The summed E-state index contributed by atoms with van der Waals surface area (Å²) in [4.78, 5) is 15.4. The van der Waals surface area contributed by atoms with Crippen molar-refractivity contribution in [3.05, 3.63) is 47.7 Å². The molecule has 0 N–H and O–H groups in total. The van der Waals surface area contributed by atoms with Gasteiger partial charge in [0.25, 0.3) is 0 Å². The van der Waals surface area contributed by atoms with Crippen molar-refractivity contribution in [3.8, 4) is 0 Å². The lowest BCUT2D eigenvalue weighted by Crippen LogP contribution is -2.25. The highest BCUT2D eigenvalue weighted by Crippen LogP contribution is 2.19. The minimum absolute atomic E-state index is 0.0498. The summed E-state index contributed by atoms with van der Waals surface area (Å²) in [7, 11) is 0. The van der Waals surface area contributed by atoms with Crippen molar-refractivity contribution in [2.45, 2.75) is 252 Å². The minimum atomic E-state index is 0.0498. The Hall–Kier alpha value is -1.81. The molecule has 0 aliphatic rings. The van der Waals surface area contributed by atoms with E-state index in [1.807, 2.05) is 0 Å². The Bertz CT molecular complexity index is 974. The molecule has 0 amide bonds. The Labute approximate surface area is 350 Å². The number of rotatable bonds is 43. The van der Waals surface area contributed by atoms with Gasteiger partial charge in [-0.05, 0) is 114 Å². The number of esters is 1. The van der Waals surface area contributed by atoms with Crippen LogP contribution in [0.15, 0.2) is 36.6 Å². The van der Waals surface area contributed by atoms with Gasteiger partial charge in [0.15, 0.2) is 0 Å². The number of allylic oxidation sites excluding steroid dienone is 1. The van der Waals surface area contributed by atoms with Crippen molar-refractivity contribution >= 4 is 5.97 Å². The van der Waals surface area contributed by atoms with Crippen molar-refractivity contribution in [2.24, 2.45) is 0 Å². The Morgan fingerprint density at radius 3 is 1.43 bits per heavy atom.